The largest absolute Gasteiger partial charge is 0.468 e. The second-order valence-corrected chi connectivity index (χ2v) is 8.75. The molecule has 2 aromatic heterocycles. The molecule has 0 aliphatic heterocycles. The summed E-state index contributed by atoms with van der Waals surface area (Å²) in [4.78, 5) is 32.0. The molecule has 0 atom stereocenters. The summed E-state index contributed by atoms with van der Waals surface area (Å²) in [6.45, 7) is 4.02. The van der Waals surface area contributed by atoms with E-state index < -0.39 is 0 Å². The predicted molar refractivity (Wildman–Crippen MR) is 109 cm³/mol. The van der Waals surface area contributed by atoms with E-state index in [1.807, 2.05) is 26.0 Å². The summed E-state index contributed by atoms with van der Waals surface area (Å²) in [7, 11) is 1.36. The number of esters is 1. The maximum absolute atomic E-state index is 13.5. The normalized spacial score (nSPS) is 13.1. The first kappa shape index (κ1) is 18.3. The lowest BCUT2D eigenvalue weighted by atomic mass is 10.1. The first-order valence-corrected chi connectivity index (χ1v) is 10.6. The highest BCUT2D eigenvalue weighted by molar-refractivity contribution is 7.99. The van der Waals surface area contributed by atoms with Crippen molar-refractivity contribution in [1.29, 1.82) is 0 Å². The average Bonchev–Trinajstić information content (AvgIpc) is 3.21. The summed E-state index contributed by atoms with van der Waals surface area (Å²) in [5.74, 6) is -0.222. The van der Waals surface area contributed by atoms with E-state index in [0.29, 0.717) is 5.16 Å². The molecule has 4 rings (SSSR count). The van der Waals surface area contributed by atoms with E-state index in [4.69, 9.17) is 9.72 Å². The average molecular weight is 401 g/mol. The van der Waals surface area contributed by atoms with E-state index in [0.717, 1.165) is 51.9 Å². The minimum atomic E-state index is -0.338. The van der Waals surface area contributed by atoms with Gasteiger partial charge in [0.2, 0.25) is 0 Å². The number of methoxy groups -OCH3 is 1. The molecule has 0 fully saturated rings. The van der Waals surface area contributed by atoms with Gasteiger partial charge in [-0.1, -0.05) is 29.5 Å². The molecule has 0 radical (unpaired) electrons. The molecule has 0 bridgehead atoms. The molecule has 1 aliphatic carbocycles. The van der Waals surface area contributed by atoms with E-state index in [1.54, 1.807) is 15.9 Å². The Hall–Kier alpha value is -2.12. The topological polar surface area (TPSA) is 61.2 Å². The van der Waals surface area contributed by atoms with Gasteiger partial charge >= 0.3 is 5.97 Å². The molecule has 0 saturated heterocycles. The van der Waals surface area contributed by atoms with Crippen LogP contribution in [0.2, 0.25) is 0 Å². The standard InChI is InChI=1S/C20H20N2O3S2/c1-11-7-8-14(12(2)9-11)22-19(24)17-13-5-4-6-15(13)27-18(17)21-20(22)26-10-16(23)25-3/h7-9H,4-6,10H2,1-3H3. The lowest BCUT2D eigenvalue weighted by Crippen LogP contribution is -2.23. The van der Waals surface area contributed by atoms with E-state index in [9.17, 15) is 9.59 Å². The number of hydrogen-bond acceptors (Lipinski definition) is 6. The SMILES string of the molecule is COC(=O)CSc1nc2sc3c(c2c(=O)n1-c1ccc(C)cc1C)CCC3. The van der Waals surface area contributed by atoms with Gasteiger partial charge in [-0.15, -0.1) is 11.3 Å². The van der Waals surface area contributed by atoms with Crippen LogP contribution in [-0.2, 0) is 22.4 Å². The van der Waals surface area contributed by atoms with Crippen LogP contribution in [0.1, 0.15) is 28.0 Å². The van der Waals surface area contributed by atoms with Gasteiger partial charge in [-0.05, 0) is 50.3 Å². The molecule has 0 saturated carbocycles. The zero-order chi connectivity index (χ0) is 19.1. The molecule has 1 aliphatic rings. The summed E-state index contributed by atoms with van der Waals surface area (Å²) in [5, 5.41) is 1.28. The fraction of sp³-hybridized carbons (Fsp3) is 0.350. The van der Waals surface area contributed by atoms with Crippen molar-refractivity contribution in [3.05, 3.63) is 50.1 Å². The third-order valence-corrected chi connectivity index (χ3v) is 6.95. The van der Waals surface area contributed by atoms with Crippen LogP contribution in [-0.4, -0.2) is 28.4 Å². The summed E-state index contributed by atoms with van der Waals surface area (Å²) in [6, 6.07) is 6.00. The molecule has 0 N–H and O–H groups in total. The molecule has 0 amide bonds. The van der Waals surface area contributed by atoms with Gasteiger partial charge in [-0.2, -0.15) is 0 Å². The Bertz CT molecular complexity index is 1110. The summed E-state index contributed by atoms with van der Waals surface area (Å²) < 4.78 is 6.41. The van der Waals surface area contributed by atoms with Crippen molar-refractivity contribution in [3.63, 3.8) is 0 Å². The number of rotatable bonds is 4. The number of thioether (sulfide) groups is 1. The highest BCUT2D eigenvalue weighted by Gasteiger charge is 2.24. The Morgan fingerprint density at radius 3 is 2.89 bits per heavy atom. The van der Waals surface area contributed by atoms with Gasteiger partial charge in [0, 0.05) is 4.88 Å². The van der Waals surface area contributed by atoms with Gasteiger partial charge in [0.25, 0.3) is 5.56 Å². The zero-order valence-electron chi connectivity index (χ0n) is 15.5. The van der Waals surface area contributed by atoms with Crippen molar-refractivity contribution in [2.75, 3.05) is 12.9 Å². The smallest absolute Gasteiger partial charge is 0.316 e. The van der Waals surface area contributed by atoms with Crippen molar-refractivity contribution in [2.24, 2.45) is 0 Å². The van der Waals surface area contributed by atoms with Gasteiger partial charge < -0.3 is 4.74 Å². The van der Waals surface area contributed by atoms with Gasteiger partial charge in [0.05, 0.1) is 23.9 Å². The van der Waals surface area contributed by atoms with Crippen LogP contribution in [0.3, 0.4) is 0 Å². The van der Waals surface area contributed by atoms with E-state index >= 15 is 0 Å². The molecule has 140 valence electrons. The Morgan fingerprint density at radius 1 is 1.33 bits per heavy atom. The molecule has 5 nitrogen and oxygen atoms in total. The maximum Gasteiger partial charge on any atom is 0.316 e. The Labute approximate surface area is 165 Å². The maximum atomic E-state index is 13.5. The Morgan fingerprint density at radius 2 is 2.15 bits per heavy atom. The molecule has 0 spiro atoms. The van der Waals surface area contributed by atoms with Crippen LogP contribution in [0.15, 0.2) is 28.2 Å². The number of ether oxygens (including phenoxy) is 1. The number of benzene rings is 1. The molecular formula is C20H20N2O3S2. The molecule has 7 heteroatoms. The minimum absolute atomic E-state index is 0.0429. The number of nitrogens with zero attached hydrogens (tertiary/aromatic N) is 2. The fourth-order valence-electron chi connectivity index (χ4n) is 3.57. The fourth-order valence-corrected chi connectivity index (χ4v) is 5.71. The number of aryl methyl sites for hydroxylation is 4. The van der Waals surface area contributed by atoms with Crippen molar-refractivity contribution in [1.82, 2.24) is 9.55 Å². The molecule has 27 heavy (non-hydrogen) atoms. The van der Waals surface area contributed by atoms with Crippen molar-refractivity contribution in [2.45, 2.75) is 38.3 Å². The summed E-state index contributed by atoms with van der Waals surface area (Å²) in [5.41, 5.74) is 4.07. The van der Waals surface area contributed by atoms with Crippen LogP contribution < -0.4 is 5.56 Å². The van der Waals surface area contributed by atoms with Gasteiger partial charge in [-0.3, -0.25) is 14.2 Å². The van der Waals surface area contributed by atoms with Crippen molar-refractivity contribution < 1.29 is 9.53 Å². The first-order chi connectivity index (χ1) is 13.0. The lowest BCUT2D eigenvalue weighted by Gasteiger charge is -2.14. The van der Waals surface area contributed by atoms with Crippen LogP contribution in [0, 0.1) is 13.8 Å². The lowest BCUT2D eigenvalue weighted by molar-refractivity contribution is -0.137. The molecular weight excluding hydrogens is 380 g/mol. The second-order valence-electron chi connectivity index (χ2n) is 6.73. The Balaban J connectivity index is 1.96. The van der Waals surface area contributed by atoms with Gasteiger partial charge in [0.15, 0.2) is 5.16 Å². The number of aromatic nitrogens is 2. The second kappa shape index (κ2) is 7.13. The predicted octanol–water partition coefficient (Wildman–Crippen LogP) is 3.82. The highest BCUT2D eigenvalue weighted by atomic mass is 32.2. The molecule has 3 aromatic rings. The monoisotopic (exact) mass is 400 g/mol. The number of fused-ring (bicyclic) bond motifs is 3. The third kappa shape index (κ3) is 3.19. The van der Waals surface area contributed by atoms with Crippen LogP contribution in [0.4, 0.5) is 0 Å². The van der Waals surface area contributed by atoms with Crippen LogP contribution in [0.25, 0.3) is 15.9 Å². The summed E-state index contributed by atoms with van der Waals surface area (Å²) in [6.07, 6.45) is 3.05. The Kier molecular flexibility index (Phi) is 4.82. The van der Waals surface area contributed by atoms with Gasteiger partial charge in [-0.25, -0.2) is 4.98 Å². The van der Waals surface area contributed by atoms with Crippen LogP contribution in [0.5, 0.6) is 0 Å². The van der Waals surface area contributed by atoms with E-state index in [1.165, 1.54) is 23.7 Å². The third-order valence-electron chi connectivity index (χ3n) is 4.85. The van der Waals surface area contributed by atoms with Gasteiger partial charge in [0.1, 0.15) is 4.83 Å². The number of carbonyl (C=O) groups is 1. The summed E-state index contributed by atoms with van der Waals surface area (Å²) >= 11 is 2.85. The zero-order valence-corrected chi connectivity index (χ0v) is 17.1. The minimum Gasteiger partial charge on any atom is -0.468 e. The molecule has 0 unspecified atom stereocenters. The molecule has 2 heterocycles. The first-order valence-electron chi connectivity index (χ1n) is 8.84. The highest BCUT2D eigenvalue weighted by Crippen LogP contribution is 2.36. The van der Waals surface area contributed by atoms with E-state index in [-0.39, 0.29) is 17.3 Å². The quantitative estimate of drug-likeness (QED) is 0.379. The number of carbonyl (C=O) groups excluding carboxylic acids is 1. The number of thiophene rings is 1. The van der Waals surface area contributed by atoms with Crippen molar-refractivity contribution >= 4 is 39.3 Å². The number of hydrogen-bond donors (Lipinski definition) is 0. The van der Waals surface area contributed by atoms with E-state index in [2.05, 4.69) is 6.07 Å². The van der Waals surface area contributed by atoms with Crippen LogP contribution >= 0.6 is 23.1 Å². The molecule has 1 aromatic carbocycles. The van der Waals surface area contributed by atoms with Crippen molar-refractivity contribution in [3.8, 4) is 5.69 Å².